The molecule has 1 N–H and O–H groups in total. The van der Waals surface area contributed by atoms with Crippen molar-refractivity contribution in [3.63, 3.8) is 0 Å². The van der Waals surface area contributed by atoms with Crippen LogP contribution >= 0.6 is 7.82 Å². The number of hydrogen-bond acceptors (Lipinski definition) is 3. The van der Waals surface area contributed by atoms with Gasteiger partial charge in [0, 0.05) is 0 Å². The number of rotatable bonds is 19. The monoisotopic (exact) mass is 468 g/mol. The molecule has 0 aliphatic rings. The Hall–Kier alpha value is -0.670. The van der Waals surface area contributed by atoms with Crippen LogP contribution in [-0.4, -0.2) is 11.5 Å². The van der Waals surface area contributed by atoms with E-state index in [0.29, 0.717) is 5.92 Å². The van der Waals surface area contributed by atoms with Crippen LogP contribution in [0.5, 0.6) is 0 Å². The molecular weight excluding hydrogens is 419 g/mol. The van der Waals surface area contributed by atoms with Gasteiger partial charge in [0.15, 0.2) is 0 Å². The highest BCUT2D eigenvalue weighted by Gasteiger charge is 2.21. The Kier molecular flexibility index (Phi) is 15.5. The van der Waals surface area contributed by atoms with E-state index in [-0.39, 0.29) is 13.2 Å². The van der Waals surface area contributed by atoms with Crippen LogP contribution in [0.3, 0.4) is 0 Å². The van der Waals surface area contributed by atoms with Crippen molar-refractivity contribution < 1.29 is 18.5 Å². The average Bonchev–Trinajstić information content (AvgIpc) is 2.73. The second-order valence-electron chi connectivity index (χ2n) is 10.4. The number of phosphoric ester groups is 1. The van der Waals surface area contributed by atoms with Gasteiger partial charge in [-0.15, -0.1) is 0 Å². The molecule has 0 fully saturated rings. The summed E-state index contributed by atoms with van der Waals surface area (Å²) in [5, 5.41) is 0. The predicted octanol–water partition coefficient (Wildman–Crippen LogP) is 8.79. The highest BCUT2D eigenvalue weighted by Crippen LogP contribution is 2.44. The Bertz CT molecular complexity index is 619. The Morgan fingerprint density at radius 1 is 0.719 bits per heavy atom. The largest absolute Gasteiger partial charge is 0.472 e. The molecule has 1 aromatic carbocycles. The normalized spacial score (nSPS) is 16.6. The molecule has 4 atom stereocenters. The zero-order valence-corrected chi connectivity index (χ0v) is 22.2. The molecule has 1 aromatic rings. The smallest absolute Gasteiger partial charge is 0.302 e. The van der Waals surface area contributed by atoms with E-state index in [1.165, 1.54) is 51.4 Å². The zero-order chi connectivity index (χ0) is 23.8. The van der Waals surface area contributed by atoms with Crippen molar-refractivity contribution in [1.29, 1.82) is 0 Å². The number of hydrogen-bond donors (Lipinski definition) is 1. The van der Waals surface area contributed by atoms with Crippen LogP contribution in [0, 0.1) is 23.7 Å². The number of benzene rings is 1. The summed E-state index contributed by atoms with van der Waals surface area (Å²) in [4.78, 5) is 9.84. The van der Waals surface area contributed by atoms with Crippen molar-refractivity contribution >= 4 is 7.82 Å². The fraction of sp³-hybridized carbons (Fsp3) is 0.778. The molecule has 0 radical (unpaired) electrons. The standard InChI is InChI=1S/C27H49O4P/c1-23(2)12-9-13-24(3)14-10-15-25(4)16-11-17-26(5)20-21-30-32(28,29)31-22-27-18-7-6-8-19-27/h6-8,18-19,23-26H,9-17,20-22H2,1-5H3,(H,28,29). The maximum Gasteiger partial charge on any atom is 0.472 e. The third-order valence-corrected chi connectivity index (χ3v) is 7.33. The van der Waals surface area contributed by atoms with Crippen molar-refractivity contribution in [1.82, 2.24) is 0 Å². The molecule has 4 nitrogen and oxygen atoms in total. The van der Waals surface area contributed by atoms with Crippen molar-refractivity contribution in [2.45, 2.75) is 105 Å². The molecule has 0 saturated heterocycles. The Morgan fingerprint density at radius 3 is 1.69 bits per heavy atom. The van der Waals surface area contributed by atoms with Crippen molar-refractivity contribution in [3.05, 3.63) is 35.9 Å². The summed E-state index contributed by atoms with van der Waals surface area (Å²) < 4.78 is 22.3. The molecule has 0 saturated carbocycles. The SMILES string of the molecule is CC(C)CCCC(C)CCCC(C)CCCC(C)CCOP(=O)(O)OCc1ccccc1. The van der Waals surface area contributed by atoms with Gasteiger partial charge in [-0.3, -0.25) is 9.05 Å². The van der Waals surface area contributed by atoms with Gasteiger partial charge in [-0.1, -0.05) is 123 Å². The molecule has 0 aliphatic heterocycles. The van der Waals surface area contributed by atoms with E-state index in [4.69, 9.17) is 9.05 Å². The van der Waals surface area contributed by atoms with Gasteiger partial charge in [-0.25, -0.2) is 4.57 Å². The molecule has 0 heterocycles. The summed E-state index contributed by atoms with van der Waals surface area (Å²) in [7, 11) is -3.99. The predicted molar refractivity (Wildman–Crippen MR) is 136 cm³/mol. The minimum Gasteiger partial charge on any atom is -0.302 e. The molecule has 4 unspecified atom stereocenters. The topological polar surface area (TPSA) is 55.8 Å². The fourth-order valence-corrected chi connectivity index (χ4v) is 4.80. The lowest BCUT2D eigenvalue weighted by Gasteiger charge is -2.17. The summed E-state index contributed by atoms with van der Waals surface area (Å²) >= 11 is 0. The first-order valence-electron chi connectivity index (χ1n) is 12.8. The molecule has 0 bridgehead atoms. The first kappa shape index (κ1) is 29.4. The first-order valence-corrected chi connectivity index (χ1v) is 14.3. The van der Waals surface area contributed by atoms with E-state index in [0.717, 1.165) is 36.2 Å². The van der Waals surface area contributed by atoms with Gasteiger partial charge in [0.05, 0.1) is 13.2 Å². The molecule has 0 aliphatic carbocycles. The number of phosphoric acid groups is 1. The van der Waals surface area contributed by atoms with Gasteiger partial charge in [-0.2, -0.15) is 0 Å². The van der Waals surface area contributed by atoms with Crippen LogP contribution < -0.4 is 0 Å². The quantitative estimate of drug-likeness (QED) is 0.206. The Morgan fingerprint density at radius 2 is 1.19 bits per heavy atom. The van der Waals surface area contributed by atoms with Gasteiger partial charge >= 0.3 is 7.82 Å². The minimum atomic E-state index is -3.99. The summed E-state index contributed by atoms with van der Waals surface area (Å²) in [6.07, 6.45) is 12.6. The molecule has 1 rings (SSSR count). The summed E-state index contributed by atoms with van der Waals surface area (Å²) in [5.74, 6) is 2.96. The molecule has 5 heteroatoms. The zero-order valence-electron chi connectivity index (χ0n) is 21.3. The lowest BCUT2D eigenvalue weighted by Crippen LogP contribution is -2.04. The van der Waals surface area contributed by atoms with E-state index >= 15 is 0 Å². The summed E-state index contributed by atoms with van der Waals surface area (Å²) in [6.45, 7) is 11.9. The summed E-state index contributed by atoms with van der Waals surface area (Å²) in [5.41, 5.74) is 0.855. The van der Waals surface area contributed by atoms with E-state index in [2.05, 4.69) is 34.6 Å². The van der Waals surface area contributed by atoms with Crippen LogP contribution in [-0.2, 0) is 20.2 Å². The van der Waals surface area contributed by atoms with Crippen molar-refractivity contribution in [2.24, 2.45) is 23.7 Å². The third kappa shape index (κ3) is 16.0. The maximum absolute atomic E-state index is 12.0. The minimum absolute atomic E-state index is 0.0821. The van der Waals surface area contributed by atoms with E-state index in [1.807, 2.05) is 30.3 Å². The molecule has 0 spiro atoms. The molecule has 0 aromatic heterocycles. The maximum atomic E-state index is 12.0. The summed E-state index contributed by atoms with van der Waals surface area (Å²) in [6, 6.07) is 9.37. The van der Waals surface area contributed by atoms with Crippen molar-refractivity contribution in [2.75, 3.05) is 6.61 Å². The van der Waals surface area contributed by atoms with Gasteiger partial charge in [0.25, 0.3) is 0 Å². The molecule has 186 valence electrons. The van der Waals surface area contributed by atoms with Crippen LogP contribution in [0.4, 0.5) is 0 Å². The van der Waals surface area contributed by atoms with Crippen LogP contribution in [0.2, 0.25) is 0 Å². The van der Waals surface area contributed by atoms with Crippen LogP contribution in [0.15, 0.2) is 30.3 Å². The molecule has 0 amide bonds. The average molecular weight is 469 g/mol. The van der Waals surface area contributed by atoms with Crippen LogP contribution in [0.25, 0.3) is 0 Å². The highest BCUT2D eigenvalue weighted by atomic mass is 31.2. The van der Waals surface area contributed by atoms with Gasteiger partial charge < -0.3 is 4.89 Å². The van der Waals surface area contributed by atoms with Gasteiger partial charge in [-0.05, 0) is 35.7 Å². The lowest BCUT2D eigenvalue weighted by atomic mass is 9.91. The Labute approximate surface area is 198 Å². The lowest BCUT2D eigenvalue weighted by molar-refractivity contribution is 0.136. The Balaban J connectivity index is 2.05. The second kappa shape index (κ2) is 16.9. The van der Waals surface area contributed by atoms with Gasteiger partial charge in [0.1, 0.15) is 0 Å². The fourth-order valence-electron chi connectivity index (χ4n) is 4.07. The van der Waals surface area contributed by atoms with E-state index in [9.17, 15) is 9.46 Å². The van der Waals surface area contributed by atoms with Gasteiger partial charge in [0.2, 0.25) is 0 Å². The third-order valence-electron chi connectivity index (χ3n) is 6.37. The molecular formula is C27H49O4P. The first-order chi connectivity index (χ1) is 15.2. The van der Waals surface area contributed by atoms with E-state index in [1.54, 1.807) is 0 Å². The van der Waals surface area contributed by atoms with Crippen molar-refractivity contribution in [3.8, 4) is 0 Å². The highest BCUT2D eigenvalue weighted by molar-refractivity contribution is 7.47. The second-order valence-corrected chi connectivity index (χ2v) is 11.8. The van der Waals surface area contributed by atoms with Crippen LogP contribution in [0.1, 0.15) is 104 Å². The molecule has 32 heavy (non-hydrogen) atoms. The van der Waals surface area contributed by atoms with E-state index < -0.39 is 7.82 Å².